The van der Waals surface area contributed by atoms with Gasteiger partial charge in [0.1, 0.15) is 0 Å². The lowest BCUT2D eigenvalue weighted by atomic mass is 9.90. The second kappa shape index (κ2) is 5.24. The van der Waals surface area contributed by atoms with Gasteiger partial charge in [0.15, 0.2) is 0 Å². The fourth-order valence-electron chi connectivity index (χ4n) is 3.17. The van der Waals surface area contributed by atoms with Gasteiger partial charge < -0.3 is 10.6 Å². The van der Waals surface area contributed by atoms with Crippen LogP contribution in [0.2, 0.25) is 0 Å². The number of imide groups is 1. The van der Waals surface area contributed by atoms with Crippen LogP contribution in [0.4, 0.5) is 0 Å². The van der Waals surface area contributed by atoms with E-state index in [-0.39, 0.29) is 17.2 Å². The summed E-state index contributed by atoms with van der Waals surface area (Å²) < 4.78 is 0. The Morgan fingerprint density at radius 1 is 1.14 bits per heavy atom. The Balaban J connectivity index is 1.63. The molecule has 1 saturated heterocycles. The van der Waals surface area contributed by atoms with E-state index in [2.05, 4.69) is 11.8 Å². The zero-order valence-electron chi connectivity index (χ0n) is 12.3. The van der Waals surface area contributed by atoms with Gasteiger partial charge in [-0.05, 0) is 37.1 Å². The van der Waals surface area contributed by atoms with Crippen molar-refractivity contribution in [1.82, 2.24) is 9.80 Å². The van der Waals surface area contributed by atoms with Gasteiger partial charge in [-0.1, -0.05) is 19.1 Å². The normalized spacial score (nSPS) is 25.7. The van der Waals surface area contributed by atoms with Crippen LogP contribution in [0, 0.1) is 5.41 Å². The third-order valence-electron chi connectivity index (χ3n) is 4.65. The van der Waals surface area contributed by atoms with E-state index in [0.29, 0.717) is 24.2 Å². The van der Waals surface area contributed by atoms with Crippen molar-refractivity contribution in [3.63, 3.8) is 0 Å². The van der Waals surface area contributed by atoms with Crippen molar-refractivity contribution in [3.05, 3.63) is 35.4 Å². The topological polar surface area (TPSA) is 66.6 Å². The molecule has 2 aliphatic heterocycles. The van der Waals surface area contributed by atoms with Gasteiger partial charge >= 0.3 is 0 Å². The maximum atomic E-state index is 12.3. The number of rotatable bonds is 4. The summed E-state index contributed by atoms with van der Waals surface area (Å²) in [6.45, 7) is 5.96. The molecule has 0 radical (unpaired) electrons. The van der Waals surface area contributed by atoms with Crippen LogP contribution >= 0.6 is 0 Å². The molecule has 2 aliphatic rings. The first-order valence-electron chi connectivity index (χ1n) is 7.42. The van der Waals surface area contributed by atoms with E-state index in [1.807, 2.05) is 0 Å². The minimum atomic E-state index is -0.170. The van der Waals surface area contributed by atoms with Gasteiger partial charge in [0.05, 0.1) is 11.1 Å². The van der Waals surface area contributed by atoms with Crippen molar-refractivity contribution in [2.45, 2.75) is 13.3 Å². The van der Waals surface area contributed by atoms with Crippen LogP contribution in [0.3, 0.4) is 0 Å². The van der Waals surface area contributed by atoms with Crippen LogP contribution < -0.4 is 5.73 Å². The molecule has 5 heteroatoms. The summed E-state index contributed by atoms with van der Waals surface area (Å²) in [5, 5.41) is 0. The molecule has 112 valence electrons. The molecule has 2 amide bonds. The van der Waals surface area contributed by atoms with Gasteiger partial charge in [-0.25, -0.2) is 0 Å². The van der Waals surface area contributed by atoms with Crippen LogP contribution in [0.1, 0.15) is 34.1 Å². The van der Waals surface area contributed by atoms with Crippen LogP contribution in [0.25, 0.3) is 0 Å². The van der Waals surface area contributed by atoms with Gasteiger partial charge in [-0.15, -0.1) is 0 Å². The number of nitrogens with two attached hydrogens (primary N) is 1. The molecule has 1 unspecified atom stereocenters. The number of carbonyl (C=O) groups excluding carboxylic acids is 2. The highest BCUT2D eigenvalue weighted by molar-refractivity contribution is 6.21. The Bertz CT molecular complexity index is 552. The second-order valence-electron chi connectivity index (χ2n) is 6.35. The Hall–Kier alpha value is -1.72. The fraction of sp³-hybridized carbons (Fsp3) is 0.500. The van der Waals surface area contributed by atoms with Crippen molar-refractivity contribution in [2.24, 2.45) is 11.1 Å². The number of fused-ring (bicyclic) bond motifs is 1. The lowest BCUT2D eigenvalue weighted by Crippen LogP contribution is -2.39. The lowest BCUT2D eigenvalue weighted by Gasteiger charge is -2.24. The SMILES string of the molecule is CC1(CN)CCN(CCN2C(=O)c3ccccc3C2=O)C1. The number of hydrogen-bond donors (Lipinski definition) is 1. The largest absolute Gasteiger partial charge is 0.330 e. The Kier molecular flexibility index (Phi) is 3.55. The van der Waals surface area contributed by atoms with E-state index in [0.717, 1.165) is 26.1 Å². The third-order valence-corrected chi connectivity index (χ3v) is 4.65. The molecule has 3 rings (SSSR count). The first-order valence-corrected chi connectivity index (χ1v) is 7.42. The average Bonchev–Trinajstić information content (AvgIpc) is 2.99. The number of hydrogen-bond acceptors (Lipinski definition) is 4. The second-order valence-corrected chi connectivity index (χ2v) is 6.35. The molecule has 1 fully saturated rings. The van der Waals surface area contributed by atoms with Crippen molar-refractivity contribution in [1.29, 1.82) is 0 Å². The summed E-state index contributed by atoms with van der Waals surface area (Å²) in [7, 11) is 0. The van der Waals surface area contributed by atoms with Gasteiger partial charge in [-0.3, -0.25) is 14.5 Å². The van der Waals surface area contributed by atoms with E-state index in [4.69, 9.17) is 5.73 Å². The summed E-state index contributed by atoms with van der Waals surface area (Å²) in [4.78, 5) is 28.2. The number of nitrogens with zero attached hydrogens (tertiary/aromatic N) is 2. The molecule has 0 bridgehead atoms. The quantitative estimate of drug-likeness (QED) is 0.837. The standard InChI is InChI=1S/C16H21N3O2/c1-16(10-17)6-7-18(11-16)8-9-19-14(20)12-4-2-3-5-13(12)15(19)21/h2-5H,6-11,17H2,1H3. The first kappa shape index (κ1) is 14.2. The van der Waals surface area contributed by atoms with Crippen LogP contribution in [-0.2, 0) is 0 Å². The minimum Gasteiger partial charge on any atom is -0.330 e. The smallest absolute Gasteiger partial charge is 0.261 e. The number of likely N-dealkylation sites (tertiary alicyclic amines) is 1. The van der Waals surface area contributed by atoms with Gasteiger partial charge in [0.2, 0.25) is 0 Å². The van der Waals surface area contributed by atoms with Crippen LogP contribution in [0.15, 0.2) is 24.3 Å². The Morgan fingerprint density at radius 3 is 2.29 bits per heavy atom. The minimum absolute atomic E-state index is 0.169. The third kappa shape index (κ3) is 2.47. The first-order chi connectivity index (χ1) is 10.0. The summed E-state index contributed by atoms with van der Waals surface area (Å²) in [5.41, 5.74) is 7.02. The summed E-state index contributed by atoms with van der Waals surface area (Å²) in [6.07, 6.45) is 1.08. The average molecular weight is 287 g/mol. The maximum absolute atomic E-state index is 12.3. The highest BCUT2D eigenvalue weighted by atomic mass is 16.2. The summed E-state index contributed by atoms with van der Waals surface area (Å²) >= 11 is 0. The van der Waals surface area contributed by atoms with E-state index in [1.54, 1.807) is 24.3 Å². The number of benzene rings is 1. The Morgan fingerprint density at radius 2 is 1.76 bits per heavy atom. The van der Waals surface area contributed by atoms with Crippen molar-refractivity contribution in [2.75, 3.05) is 32.7 Å². The molecular formula is C16H21N3O2. The molecule has 5 nitrogen and oxygen atoms in total. The zero-order valence-corrected chi connectivity index (χ0v) is 12.3. The molecule has 2 heterocycles. The van der Waals surface area contributed by atoms with Crippen LogP contribution in [0.5, 0.6) is 0 Å². The molecule has 0 spiro atoms. The molecule has 1 aromatic carbocycles. The molecule has 1 atom stereocenters. The molecule has 0 saturated carbocycles. The predicted octanol–water partition coefficient (Wildman–Crippen LogP) is 0.953. The lowest BCUT2D eigenvalue weighted by molar-refractivity contribution is 0.0639. The van der Waals surface area contributed by atoms with Gasteiger partial charge in [0, 0.05) is 19.6 Å². The molecule has 0 aromatic heterocycles. The monoisotopic (exact) mass is 287 g/mol. The fourth-order valence-corrected chi connectivity index (χ4v) is 3.17. The van der Waals surface area contributed by atoms with E-state index < -0.39 is 0 Å². The maximum Gasteiger partial charge on any atom is 0.261 e. The summed E-state index contributed by atoms with van der Waals surface area (Å²) in [6, 6.07) is 7.02. The van der Waals surface area contributed by atoms with E-state index in [1.165, 1.54) is 4.90 Å². The highest BCUT2D eigenvalue weighted by Crippen LogP contribution is 2.28. The predicted molar refractivity (Wildman–Crippen MR) is 80.0 cm³/mol. The van der Waals surface area contributed by atoms with Crippen molar-refractivity contribution in [3.8, 4) is 0 Å². The van der Waals surface area contributed by atoms with Crippen LogP contribution in [-0.4, -0.2) is 54.3 Å². The van der Waals surface area contributed by atoms with E-state index in [9.17, 15) is 9.59 Å². The molecule has 1 aromatic rings. The number of amides is 2. The van der Waals surface area contributed by atoms with Crippen molar-refractivity contribution >= 4 is 11.8 Å². The molecular weight excluding hydrogens is 266 g/mol. The molecule has 2 N–H and O–H groups in total. The van der Waals surface area contributed by atoms with Gasteiger partial charge in [-0.2, -0.15) is 0 Å². The Labute approximate surface area is 124 Å². The highest BCUT2D eigenvalue weighted by Gasteiger charge is 2.36. The van der Waals surface area contributed by atoms with Crippen molar-refractivity contribution < 1.29 is 9.59 Å². The van der Waals surface area contributed by atoms with Gasteiger partial charge in [0.25, 0.3) is 11.8 Å². The molecule has 21 heavy (non-hydrogen) atoms. The summed E-state index contributed by atoms with van der Waals surface area (Å²) in [5.74, 6) is -0.340. The zero-order chi connectivity index (χ0) is 15.0. The van der Waals surface area contributed by atoms with E-state index >= 15 is 0 Å². The number of carbonyl (C=O) groups is 2. The molecule has 0 aliphatic carbocycles.